The van der Waals surface area contributed by atoms with Crippen LogP contribution in [-0.2, 0) is 0 Å². The van der Waals surface area contributed by atoms with Gasteiger partial charge < -0.3 is 10.4 Å². The normalized spacial score (nSPS) is 10.2. The SMILES string of the molecule is O=C(O)c1c(Br)cc(Cl)cc1C(=S)Nc1ccc(Br)cc1. The molecule has 0 aliphatic carbocycles. The van der Waals surface area contributed by atoms with Crippen molar-refractivity contribution in [3.8, 4) is 0 Å². The maximum Gasteiger partial charge on any atom is 0.337 e. The minimum Gasteiger partial charge on any atom is -0.478 e. The van der Waals surface area contributed by atoms with E-state index < -0.39 is 5.97 Å². The molecule has 2 rings (SSSR count). The van der Waals surface area contributed by atoms with Gasteiger partial charge in [-0.25, -0.2) is 4.79 Å². The molecule has 0 amide bonds. The van der Waals surface area contributed by atoms with Crippen molar-refractivity contribution in [3.63, 3.8) is 0 Å². The van der Waals surface area contributed by atoms with E-state index in [-0.39, 0.29) is 10.6 Å². The van der Waals surface area contributed by atoms with E-state index >= 15 is 0 Å². The summed E-state index contributed by atoms with van der Waals surface area (Å²) in [4.78, 5) is 11.7. The molecule has 0 saturated carbocycles. The molecule has 0 saturated heterocycles. The van der Waals surface area contributed by atoms with E-state index in [4.69, 9.17) is 23.8 Å². The molecular weight excluding hydrogens is 441 g/mol. The van der Waals surface area contributed by atoms with E-state index in [1.54, 1.807) is 0 Å². The van der Waals surface area contributed by atoms with Crippen LogP contribution >= 0.6 is 55.7 Å². The summed E-state index contributed by atoms with van der Waals surface area (Å²) in [6.07, 6.45) is 0. The standard InChI is InChI=1S/C14H8Br2ClNO2S/c15-7-1-3-9(4-2-7)18-13(21)10-5-8(17)6-11(16)12(10)14(19)20/h1-6H,(H,18,21)(H,19,20). The van der Waals surface area contributed by atoms with Gasteiger partial charge in [-0.3, -0.25) is 0 Å². The summed E-state index contributed by atoms with van der Waals surface area (Å²) in [5.74, 6) is -1.08. The van der Waals surface area contributed by atoms with Gasteiger partial charge in [-0.2, -0.15) is 0 Å². The Bertz CT molecular complexity index is 720. The first-order chi connectivity index (χ1) is 9.88. The number of rotatable bonds is 3. The average Bonchev–Trinajstić information content (AvgIpc) is 2.39. The molecule has 0 radical (unpaired) electrons. The van der Waals surface area contributed by atoms with Crippen LogP contribution in [0.25, 0.3) is 0 Å². The lowest BCUT2D eigenvalue weighted by Crippen LogP contribution is -2.16. The first-order valence-corrected chi connectivity index (χ1v) is 8.05. The summed E-state index contributed by atoms with van der Waals surface area (Å²) < 4.78 is 1.33. The number of hydrogen-bond acceptors (Lipinski definition) is 2. The third-order valence-electron chi connectivity index (χ3n) is 2.62. The lowest BCUT2D eigenvalue weighted by atomic mass is 10.1. The highest BCUT2D eigenvalue weighted by Gasteiger charge is 2.18. The third-order valence-corrected chi connectivity index (χ3v) is 4.31. The van der Waals surface area contributed by atoms with Gasteiger partial charge in [0.25, 0.3) is 0 Å². The van der Waals surface area contributed by atoms with Crippen LogP contribution in [0.15, 0.2) is 45.3 Å². The van der Waals surface area contributed by atoms with Crippen LogP contribution in [0.1, 0.15) is 15.9 Å². The van der Waals surface area contributed by atoms with Crippen LogP contribution in [0.2, 0.25) is 5.02 Å². The number of carboxylic acid groups (broad SMARTS) is 1. The van der Waals surface area contributed by atoms with Gasteiger partial charge >= 0.3 is 5.97 Å². The highest BCUT2D eigenvalue weighted by Crippen LogP contribution is 2.27. The molecule has 0 aliphatic heterocycles. The van der Waals surface area contributed by atoms with E-state index in [0.717, 1.165) is 10.2 Å². The van der Waals surface area contributed by atoms with Gasteiger partial charge in [-0.15, -0.1) is 0 Å². The van der Waals surface area contributed by atoms with Crippen molar-refractivity contribution in [3.05, 3.63) is 61.5 Å². The van der Waals surface area contributed by atoms with Crippen molar-refractivity contribution in [2.75, 3.05) is 5.32 Å². The van der Waals surface area contributed by atoms with Gasteiger partial charge in [0.1, 0.15) is 4.99 Å². The number of thiocarbonyl (C=S) groups is 1. The summed E-state index contributed by atoms with van der Waals surface area (Å²) in [7, 11) is 0. The predicted molar refractivity (Wildman–Crippen MR) is 95.6 cm³/mol. The molecule has 21 heavy (non-hydrogen) atoms. The Labute approximate surface area is 148 Å². The second-order valence-corrected chi connectivity index (χ2v) is 6.69. The fourth-order valence-corrected chi connectivity index (χ4v) is 3.22. The average molecular weight is 450 g/mol. The number of hydrogen-bond donors (Lipinski definition) is 2. The molecule has 0 bridgehead atoms. The van der Waals surface area contributed by atoms with Crippen LogP contribution in [0.3, 0.4) is 0 Å². The number of aromatic carboxylic acids is 1. The molecule has 2 N–H and O–H groups in total. The van der Waals surface area contributed by atoms with E-state index in [1.165, 1.54) is 12.1 Å². The van der Waals surface area contributed by atoms with Crippen molar-refractivity contribution < 1.29 is 9.90 Å². The van der Waals surface area contributed by atoms with Crippen molar-refractivity contribution in [2.45, 2.75) is 0 Å². The lowest BCUT2D eigenvalue weighted by molar-refractivity contribution is 0.0695. The van der Waals surface area contributed by atoms with E-state index in [0.29, 0.717) is 15.1 Å². The van der Waals surface area contributed by atoms with E-state index in [9.17, 15) is 9.90 Å². The topological polar surface area (TPSA) is 49.3 Å². The molecule has 2 aromatic carbocycles. The van der Waals surface area contributed by atoms with Gasteiger partial charge in [-0.1, -0.05) is 39.7 Å². The largest absolute Gasteiger partial charge is 0.478 e. The predicted octanol–water partition coefficient (Wildman–Crippen LogP) is 5.35. The maximum atomic E-state index is 11.4. The molecule has 108 valence electrons. The maximum absolute atomic E-state index is 11.4. The Hall–Kier alpha value is -0.950. The van der Waals surface area contributed by atoms with Crippen LogP contribution in [0.4, 0.5) is 5.69 Å². The second-order valence-electron chi connectivity index (χ2n) is 4.08. The minimum absolute atomic E-state index is 0.0778. The molecule has 0 aliphatic rings. The highest BCUT2D eigenvalue weighted by molar-refractivity contribution is 9.10. The quantitative estimate of drug-likeness (QED) is 0.620. The Balaban J connectivity index is 2.39. The molecule has 0 heterocycles. The number of nitrogens with one attached hydrogen (secondary N) is 1. The van der Waals surface area contributed by atoms with Crippen LogP contribution in [-0.4, -0.2) is 16.1 Å². The Morgan fingerprint density at radius 2 is 1.81 bits per heavy atom. The zero-order valence-corrected chi connectivity index (χ0v) is 15.1. The summed E-state index contributed by atoms with van der Waals surface area (Å²) in [6, 6.07) is 10.4. The first kappa shape index (κ1) is 16.4. The van der Waals surface area contributed by atoms with Crippen molar-refractivity contribution in [1.82, 2.24) is 0 Å². The minimum atomic E-state index is -1.08. The first-order valence-electron chi connectivity index (χ1n) is 5.67. The smallest absolute Gasteiger partial charge is 0.337 e. The van der Waals surface area contributed by atoms with Crippen molar-refractivity contribution in [1.29, 1.82) is 0 Å². The molecule has 0 fully saturated rings. The Morgan fingerprint density at radius 3 is 2.38 bits per heavy atom. The summed E-state index contributed by atoms with van der Waals surface area (Å²) in [5.41, 5.74) is 1.20. The van der Waals surface area contributed by atoms with E-state index in [1.807, 2.05) is 24.3 Å². The highest BCUT2D eigenvalue weighted by atomic mass is 79.9. The monoisotopic (exact) mass is 447 g/mol. The lowest BCUT2D eigenvalue weighted by Gasteiger charge is -2.12. The fraction of sp³-hybridized carbons (Fsp3) is 0. The molecule has 0 spiro atoms. The molecule has 0 atom stereocenters. The number of anilines is 1. The Kier molecular flexibility index (Phi) is 5.37. The van der Waals surface area contributed by atoms with Crippen molar-refractivity contribution >= 4 is 72.3 Å². The van der Waals surface area contributed by atoms with Crippen LogP contribution < -0.4 is 5.32 Å². The van der Waals surface area contributed by atoms with Gasteiger partial charge in [0.2, 0.25) is 0 Å². The summed E-state index contributed by atoms with van der Waals surface area (Å²) in [6.45, 7) is 0. The molecule has 2 aromatic rings. The zero-order valence-electron chi connectivity index (χ0n) is 10.4. The number of benzene rings is 2. The van der Waals surface area contributed by atoms with Gasteiger partial charge in [0, 0.05) is 25.2 Å². The van der Waals surface area contributed by atoms with E-state index in [2.05, 4.69) is 37.2 Å². The molecular formula is C14H8Br2ClNO2S. The second kappa shape index (κ2) is 6.87. The number of carboxylic acids is 1. The van der Waals surface area contributed by atoms with Gasteiger partial charge in [0.15, 0.2) is 0 Å². The molecule has 0 unspecified atom stereocenters. The third kappa shape index (κ3) is 4.03. The molecule has 0 aromatic heterocycles. The molecule has 7 heteroatoms. The van der Waals surface area contributed by atoms with Crippen molar-refractivity contribution in [2.24, 2.45) is 0 Å². The zero-order chi connectivity index (χ0) is 15.6. The summed E-state index contributed by atoms with van der Waals surface area (Å²) in [5, 5.41) is 12.7. The summed E-state index contributed by atoms with van der Waals surface area (Å²) >= 11 is 17.8. The number of halogens is 3. The number of carbonyl (C=O) groups is 1. The fourth-order valence-electron chi connectivity index (χ4n) is 1.70. The molecule has 3 nitrogen and oxygen atoms in total. The van der Waals surface area contributed by atoms with Gasteiger partial charge in [0.05, 0.1) is 5.56 Å². The van der Waals surface area contributed by atoms with Crippen LogP contribution in [0, 0.1) is 0 Å². The van der Waals surface area contributed by atoms with Crippen LogP contribution in [0.5, 0.6) is 0 Å². The van der Waals surface area contributed by atoms with Gasteiger partial charge in [-0.05, 0) is 52.3 Å². The Morgan fingerprint density at radius 1 is 1.19 bits per heavy atom.